The van der Waals surface area contributed by atoms with Crippen LogP contribution < -0.4 is 5.73 Å². The fourth-order valence-electron chi connectivity index (χ4n) is 3.07. The lowest BCUT2D eigenvalue weighted by atomic mass is 10.1. The van der Waals surface area contributed by atoms with E-state index in [1.807, 2.05) is 24.3 Å². The molecule has 3 aromatic rings. The summed E-state index contributed by atoms with van der Waals surface area (Å²) in [6.45, 7) is 2.36. The molecule has 4 rings (SSSR count). The number of aromatic nitrogens is 3. The van der Waals surface area contributed by atoms with Gasteiger partial charge in [0.15, 0.2) is 0 Å². The Bertz CT molecular complexity index is 1010. The molecule has 8 nitrogen and oxygen atoms in total. The van der Waals surface area contributed by atoms with Gasteiger partial charge in [0.1, 0.15) is 5.69 Å². The van der Waals surface area contributed by atoms with Crippen LogP contribution in [0.3, 0.4) is 0 Å². The predicted octanol–water partition coefficient (Wildman–Crippen LogP) is 1.98. The molecule has 1 aliphatic rings. The van der Waals surface area contributed by atoms with Gasteiger partial charge in [-0.05, 0) is 30.3 Å². The third kappa shape index (κ3) is 3.49. The van der Waals surface area contributed by atoms with Crippen molar-refractivity contribution in [1.82, 2.24) is 19.9 Å². The number of hydrogen-bond acceptors (Lipinski definition) is 6. The zero-order chi connectivity index (χ0) is 19.5. The van der Waals surface area contributed by atoms with E-state index >= 15 is 0 Å². The molecule has 0 saturated carbocycles. The molecule has 0 bridgehead atoms. The quantitative estimate of drug-likeness (QED) is 0.533. The van der Waals surface area contributed by atoms with Crippen molar-refractivity contribution in [2.75, 3.05) is 32.0 Å². The van der Waals surface area contributed by atoms with E-state index in [-0.39, 0.29) is 13.0 Å². The molecule has 3 N–H and O–H groups in total. The average molecular weight is 378 g/mol. The number of carbonyl (C=O) groups excluding carboxylic acids is 1. The smallest absolute Gasteiger partial charge is 0.254 e. The number of anilines is 1. The minimum Gasteiger partial charge on any atom is -0.398 e. The summed E-state index contributed by atoms with van der Waals surface area (Å²) in [6.07, 6.45) is 1.67. The third-order valence-corrected chi connectivity index (χ3v) is 4.66. The number of benzene rings is 2. The molecule has 0 radical (unpaired) electrons. The van der Waals surface area contributed by atoms with Crippen molar-refractivity contribution < 1.29 is 11.0 Å². The van der Waals surface area contributed by atoms with Gasteiger partial charge in [-0.3, -0.25) is 10.2 Å². The van der Waals surface area contributed by atoms with Crippen molar-refractivity contribution in [2.45, 2.75) is 0 Å². The van der Waals surface area contributed by atoms with Gasteiger partial charge in [0.25, 0.3) is 5.91 Å². The summed E-state index contributed by atoms with van der Waals surface area (Å²) in [6, 6.07) is 14.3. The topological polar surface area (TPSA) is 110 Å². The highest BCUT2D eigenvalue weighted by molar-refractivity contribution is 6.12. The summed E-state index contributed by atoms with van der Waals surface area (Å²) < 4.78 is 6.86. The van der Waals surface area contributed by atoms with Crippen LogP contribution in [0.15, 0.2) is 54.7 Å². The zero-order valence-corrected chi connectivity index (χ0v) is 15.2. The number of amides is 1. The second kappa shape index (κ2) is 7.61. The molecule has 1 aliphatic heterocycles. The minimum absolute atomic E-state index is 0. The minimum atomic E-state index is -0.00420. The van der Waals surface area contributed by atoms with E-state index in [4.69, 9.17) is 15.9 Å². The van der Waals surface area contributed by atoms with Gasteiger partial charge in [0.2, 0.25) is 0 Å². The molecule has 28 heavy (non-hydrogen) atoms. The first kappa shape index (κ1) is 17.9. The van der Waals surface area contributed by atoms with Crippen molar-refractivity contribution in [3.63, 3.8) is 0 Å². The Hall–Kier alpha value is -3.52. The number of nitrogens with one attached hydrogen (secondary N) is 1. The Labute approximate surface area is 163 Å². The van der Waals surface area contributed by atoms with Gasteiger partial charge in [-0.2, -0.15) is 0 Å². The predicted molar refractivity (Wildman–Crippen MR) is 107 cm³/mol. The first-order valence-electron chi connectivity index (χ1n) is 8.97. The average Bonchev–Trinajstić information content (AvgIpc) is 3.24. The highest BCUT2D eigenvalue weighted by atomic mass is 16.5. The van der Waals surface area contributed by atoms with Crippen LogP contribution in [0, 0.1) is 5.41 Å². The van der Waals surface area contributed by atoms with Gasteiger partial charge in [0.05, 0.1) is 30.8 Å². The summed E-state index contributed by atoms with van der Waals surface area (Å²) in [5.41, 5.74) is 9.09. The van der Waals surface area contributed by atoms with Crippen LogP contribution in [0.4, 0.5) is 5.69 Å². The van der Waals surface area contributed by atoms with Gasteiger partial charge in [-0.25, -0.2) is 4.68 Å². The van der Waals surface area contributed by atoms with E-state index in [9.17, 15) is 4.79 Å². The number of ether oxygens (including phenoxy) is 1. The van der Waals surface area contributed by atoms with E-state index in [0.717, 1.165) is 5.69 Å². The second-order valence-electron chi connectivity index (χ2n) is 6.46. The number of nitrogens with zero attached hydrogens (tertiary/aromatic N) is 4. The first-order chi connectivity index (χ1) is 13.6. The lowest BCUT2D eigenvalue weighted by Crippen LogP contribution is -2.40. The van der Waals surface area contributed by atoms with Crippen molar-refractivity contribution >= 4 is 17.3 Å². The largest absolute Gasteiger partial charge is 0.398 e. The van der Waals surface area contributed by atoms with E-state index < -0.39 is 0 Å². The molecule has 1 aromatic heterocycles. The number of carbonyl (C=O) groups is 1. The second-order valence-corrected chi connectivity index (χ2v) is 6.46. The fraction of sp³-hybridized carbons (Fsp3) is 0.200. The summed E-state index contributed by atoms with van der Waals surface area (Å²) in [5.74, 6) is -0.00420. The van der Waals surface area contributed by atoms with Gasteiger partial charge < -0.3 is 15.4 Å². The molecule has 1 amide bonds. The zero-order valence-electron chi connectivity index (χ0n) is 15.2. The molecule has 0 atom stereocenters. The van der Waals surface area contributed by atoms with Crippen molar-refractivity contribution in [3.8, 4) is 5.69 Å². The number of hydrogen-bond donors (Lipinski definition) is 2. The number of para-hydroxylation sites is 1. The molecule has 0 aliphatic carbocycles. The van der Waals surface area contributed by atoms with Gasteiger partial charge in [-0.15, -0.1) is 5.10 Å². The Morgan fingerprint density at radius 3 is 2.54 bits per heavy atom. The molecule has 1 saturated heterocycles. The summed E-state index contributed by atoms with van der Waals surface area (Å²) >= 11 is 0. The number of nitrogens with two attached hydrogens (primary N) is 1. The van der Waals surface area contributed by atoms with Gasteiger partial charge in [-0.1, -0.05) is 23.4 Å². The molecular weight excluding hydrogens is 356 g/mol. The van der Waals surface area contributed by atoms with Crippen molar-refractivity contribution in [2.24, 2.45) is 0 Å². The highest BCUT2D eigenvalue weighted by Gasteiger charge is 2.18. The van der Waals surface area contributed by atoms with Gasteiger partial charge in [0, 0.05) is 31.3 Å². The molecule has 0 unspecified atom stereocenters. The normalized spacial score (nSPS) is 14.1. The van der Waals surface area contributed by atoms with Crippen LogP contribution >= 0.6 is 0 Å². The van der Waals surface area contributed by atoms with Gasteiger partial charge >= 0.3 is 0 Å². The highest BCUT2D eigenvalue weighted by Crippen LogP contribution is 2.16. The molecule has 1 fully saturated rings. The van der Waals surface area contributed by atoms with Crippen LogP contribution in [0.2, 0.25) is 0 Å². The lowest BCUT2D eigenvalue weighted by Gasteiger charge is -2.26. The maximum atomic E-state index is 12.5. The Kier molecular flexibility index (Phi) is 4.86. The van der Waals surface area contributed by atoms with E-state index in [1.165, 1.54) is 0 Å². The summed E-state index contributed by atoms with van der Waals surface area (Å²) in [5, 5.41) is 16.5. The summed E-state index contributed by atoms with van der Waals surface area (Å²) in [4.78, 5) is 14.3. The molecule has 2 heterocycles. The maximum absolute atomic E-state index is 12.5. The standard InChI is InChI=1S/C20H20N6O2.H2/c21-17-4-2-1-3-16(17)19(22)18-13-26(24-23-18)15-7-5-14(6-8-15)20(27)25-9-11-28-12-10-25;/h1-8,13,22H,9-12,21H2;1H. The van der Waals surface area contributed by atoms with Crippen molar-refractivity contribution in [3.05, 3.63) is 71.5 Å². The summed E-state index contributed by atoms with van der Waals surface area (Å²) in [7, 11) is 0. The first-order valence-corrected chi connectivity index (χ1v) is 8.97. The maximum Gasteiger partial charge on any atom is 0.254 e. The van der Waals surface area contributed by atoms with Crippen LogP contribution in [-0.4, -0.2) is 57.8 Å². The number of morpholine rings is 1. The molecule has 0 spiro atoms. The molecule has 144 valence electrons. The number of nitrogen functional groups attached to an aromatic ring is 1. The van der Waals surface area contributed by atoms with Crippen LogP contribution in [0.25, 0.3) is 5.69 Å². The van der Waals surface area contributed by atoms with Crippen LogP contribution in [0.5, 0.6) is 0 Å². The fourth-order valence-corrected chi connectivity index (χ4v) is 3.07. The number of rotatable bonds is 4. The molecular formula is C20H22N6O2. The van der Waals surface area contributed by atoms with E-state index in [2.05, 4.69) is 10.3 Å². The molecule has 2 aromatic carbocycles. The SMILES string of the molecule is N=C(c1cn(-c2ccc(C(=O)N3CCOCC3)cc2)nn1)c1ccccc1N.[HH]. The van der Waals surface area contributed by atoms with E-state index in [1.54, 1.807) is 40.0 Å². The Morgan fingerprint density at radius 2 is 1.82 bits per heavy atom. The third-order valence-electron chi connectivity index (χ3n) is 4.66. The van der Waals surface area contributed by atoms with Crippen LogP contribution in [0.1, 0.15) is 23.0 Å². The van der Waals surface area contributed by atoms with E-state index in [0.29, 0.717) is 48.8 Å². The Balaban J connectivity index is 0.00000240. The Morgan fingerprint density at radius 1 is 1.11 bits per heavy atom. The van der Waals surface area contributed by atoms with Crippen LogP contribution in [-0.2, 0) is 4.74 Å². The molecule has 8 heteroatoms. The monoisotopic (exact) mass is 378 g/mol. The lowest BCUT2D eigenvalue weighted by molar-refractivity contribution is 0.0303. The van der Waals surface area contributed by atoms with Crippen molar-refractivity contribution in [1.29, 1.82) is 5.41 Å².